The molecule has 0 bridgehead atoms. The maximum absolute atomic E-state index is 12.2. The van der Waals surface area contributed by atoms with E-state index in [0.29, 0.717) is 5.76 Å². The van der Waals surface area contributed by atoms with Crippen LogP contribution >= 0.6 is 0 Å². The molecule has 0 atom stereocenters. The van der Waals surface area contributed by atoms with Gasteiger partial charge in [0.15, 0.2) is 5.76 Å². The predicted molar refractivity (Wildman–Crippen MR) is 84.2 cm³/mol. The summed E-state index contributed by atoms with van der Waals surface area (Å²) in [6, 6.07) is 4.26. The van der Waals surface area contributed by atoms with E-state index in [-0.39, 0.29) is 24.4 Å². The highest BCUT2D eigenvalue weighted by molar-refractivity contribution is 5.75. The fourth-order valence-corrected chi connectivity index (χ4v) is 3.16. The largest absolute Gasteiger partial charge is 0.459 e. The van der Waals surface area contributed by atoms with Gasteiger partial charge in [0.1, 0.15) is 6.54 Å². The zero-order valence-electron chi connectivity index (χ0n) is 13.3. The summed E-state index contributed by atoms with van der Waals surface area (Å²) in [6.07, 6.45) is 5.99. The number of nitrogens with zero attached hydrogens (tertiary/aromatic N) is 3. The van der Waals surface area contributed by atoms with Gasteiger partial charge in [0.2, 0.25) is 5.91 Å². The van der Waals surface area contributed by atoms with E-state index in [2.05, 4.69) is 15.3 Å². The number of carbonyl (C=O) groups excluding carboxylic acids is 1. The lowest BCUT2D eigenvalue weighted by Crippen LogP contribution is -2.46. The van der Waals surface area contributed by atoms with Crippen LogP contribution < -0.4 is 11.1 Å². The van der Waals surface area contributed by atoms with Gasteiger partial charge < -0.3 is 19.1 Å². The number of nitrogens with one attached hydrogen (secondary N) is 1. The summed E-state index contributed by atoms with van der Waals surface area (Å²) in [5, 5.41) is 6.99. The Balaban J connectivity index is 1.32. The molecule has 2 fully saturated rings. The second-order valence-corrected chi connectivity index (χ2v) is 6.42. The van der Waals surface area contributed by atoms with Gasteiger partial charge in [-0.1, -0.05) is 0 Å². The van der Waals surface area contributed by atoms with Gasteiger partial charge in [-0.15, -0.1) is 5.10 Å². The maximum atomic E-state index is 12.2. The number of likely N-dealkylation sites (tertiary alicyclic amines) is 1. The molecule has 0 unspecified atom stereocenters. The number of amides is 1. The second-order valence-electron chi connectivity index (χ2n) is 6.42. The first-order chi connectivity index (χ1) is 11.7. The zero-order chi connectivity index (χ0) is 16.5. The summed E-state index contributed by atoms with van der Waals surface area (Å²) >= 11 is 0. The van der Waals surface area contributed by atoms with Crippen molar-refractivity contribution in [2.24, 2.45) is 0 Å². The van der Waals surface area contributed by atoms with Gasteiger partial charge in [-0.2, -0.15) is 4.68 Å². The molecule has 0 spiro atoms. The van der Waals surface area contributed by atoms with Crippen molar-refractivity contribution in [1.82, 2.24) is 20.0 Å². The van der Waals surface area contributed by atoms with Crippen molar-refractivity contribution in [2.45, 2.75) is 44.3 Å². The molecule has 0 aromatic carbocycles. The lowest BCUT2D eigenvalue weighted by molar-refractivity contribution is -0.123. The van der Waals surface area contributed by atoms with E-state index < -0.39 is 5.76 Å². The van der Waals surface area contributed by atoms with Crippen LogP contribution in [0.1, 0.15) is 25.7 Å². The Morgan fingerprint density at radius 1 is 1.29 bits per heavy atom. The minimum absolute atomic E-state index is 0.0792. The molecule has 24 heavy (non-hydrogen) atoms. The van der Waals surface area contributed by atoms with E-state index in [9.17, 15) is 9.59 Å². The average molecular weight is 332 g/mol. The zero-order valence-corrected chi connectivity index (χ0v) is 13.3. The third-order valence-electron chi connectivity index (χ3n) is 4.59. The molecule has 8 heteroatoms. The number of piperidine rings is 1. The highest BCUT2D eigenvalue weighted by atomic mass is 16.4. The van der Waals surface area contributed by atoms with Crippen LogP contribution in [0.5, 0.6) is 0 Å². The molecule has 3 heterocycles. The summed E-state index contributed by atoms with van der Waals surface area (Å²) in [5.74, 6) is -0.449. The standard InChI is InChI=1S/C16H20N4O4/c21-14(17-11-5-7-19(8-6-11)12-3-4-12)10-20-16(22)24-15(18-20)13-2-1-9-23-13/h1-2,9,11-12H,3-8,10H2,(H,17,21). The highest BCUT2D eigenvalue weighted by Gasteiger charge is 2.32. The van der Waals surface area contributed by atoms with Crippen LogP contribution in [0.4, 0.5) is 0 Å². The normalized spacial score (nSPS) is 19.5. The lowest BCUT2D eigenvalue weighted by atomic mass is 10.0. The van der Waals surface area contributed by atoms with E-state index in [4.69, 9.17) is 8.83 Å². The van der Waals surface area contributed by atoms with Crippen LogP contribution in [0.2, 0.25) is 0 Å². The molecule has 0 radical (unpaired) electrons. The van der Waals surface area contributed by atoms with E-state index in [0.717, 1.165) is 36.7 Å². The van der Waals surface area contributed by atoms with Crippen LogP contribution in [-0.2, 0) is 11.3 Å². The van der Waals surface area contributed by atoms with Crippen molar-refractivity contribution in [3.8, 4) is 11.7 Å². The third-order valence-corrected chi connectivity index (χ3v) is 4.59. The summed E-state index contributed by atoms with van der Waals surface area (Å²) in [5.41, 5.74) is 0. The minimum atomic E-state index is -0.667. The van der Waals surface area contributed by atoms with Crippen LogP contribution in [0.15, 0.2) is 32.0 Å². The lowest BCUT2D eigenvalue weighted by Gasteiger charge is -2.32. The molecule has 1 aliphatic carbocycles. The second kappa shape index (κ2) is 6.27. The number of carbonyl (C=O) groups is 1. The third kappa shape index (κ3) is 3.28. The fraction of sp³-hybridized carbons (Fsp3) is 0.562. The molecule has 2 aliphatic rings. The summed E-state index contributed by atoms with van der Waals surface area (Å²) in [7, 11) is 0. The van der Waals surface area contributed by atoms with Gasteiger partial charge >= 0.3 is 5.76 Å². The SMILES string of the molecule is O=C(Cn1nc(-c2ccco2)oc1=O)NC1CCN(C2CC2)CC1. The van der Waals surface area contributed by atoms with Crippen molar-refractivity contribution < 1.29 is 13.6 Å². The molecule has 1 saturated heterocycles. The number of aromatic nitrogens is 2. The van der Waals surface area contributed by atoms with Crippen LogP contribution in [-0.4, -0.2) is 45.8 Å². The Morgan fingerprint density at radius 3 is 2.75 bits per heavy atom. The Morgan fingerprint density at radius 2 is 2.08 bits per heavy atom. The number of furan rings is 1. The molecular weight excluding hydrogens is 312 g/mol. The first-order valence-corrected chi connectivity index (χ1v) is 8.34. The summed E-state index contributed by atoms with van der Waals surface area (Å²) < 4.78 is 11.2. The van der Waals surface area contributed by atoms with E-state index in [1.165, 1.54) is 19.1 Å². The van der Waals surface area contributed by atoms with Gasteiger partial charge in [0, 0.05) is 25.2 Å². The smallest absolute Gasteiger partial charge is 0.437 e. The molecule has 1 amide bonds. The van der Waals surface area contributed by atoms with Crippen LogP contribution in [0, 0.1) is 0 Å². The molecule has 1 saturated carbocycles. The average Bonchev–Trinajstić information content (AvgIpc) is 3.15. The van der Waals surface area contributed by atoms with Crippen LogP contribution in [0.25, 0.3) is 11.7 Å². The predicted octanol–water partition coefficient (Wildman–Crippen LogP) is 0.839. The first-order valence-electron chi connectivity index (χ1n) is 8.34. The van der Waals surface area contributed by atoms with E-state index in [1.807, 2.05) is 0 Å². The van der Waals surface area contributed by atoms with Crippen LogP contribution in [0.3, 0.4) is 0 Å². The first kappa shape index (κ1) is 15.2. The molecule has 8 nitrogen and oxygen atoms in total. The van der Waals surface area contributed by atoms with Gasteiger partial charge in [0.05, 0.1) is 6.26 Å². The molecular formula is C16H20N4O4. The Bertz CT molecular complexity index is 751. The Kier molecular flexibility index (Phi) is 3.97. The Labute approximate surface area is 138 Å². The molecule has 2 aromatic rings. The fourth-order valence-electron chi connectivity index (χ4n) is 3.16. The molecule has 1 aliphatic heterocycles. The topological polar surface area (TPSA) is 93.5 Å². The molecule has 4 rings (SSSR count). The van der Waals surface area contributed by atoms with Gasteiger partial charge in [0.25, 0.3) is 5.89 Å². The number of hydrogen-bond donors (Lipinski definition) is 1. The Hall–Kier alpha value is -2.35. The van der Waals surface area contributed by atoms with Crippen molar-refractivity contribution in [2.75, 3.05) is 13.1 Å². The van der Waals surface area contributed by atoms with Crippen molar-refractivity contribution in [1.29, 1.82) is 0 Å². The minimum Gasteiger partial charge on any atom is -0.459 e. The van der Waals surface area contributed by atoms with E-state index in [1.54, 1.807) is 12.1 Å². The van der Waals surface area contributed by atoms with Gasteiger partial charge in [-0.05, 0) is 37.8 Å². The molecule has 2 aromatic heterocycles. The summed E-state index contributed by atoms with van der Waals surface area (Å²) in [6.45, 7) is 1.91. The van der Waals surface area contributed by atoms with Gasteiger partial charge in [-0.25, -0.2) is 4.79 Å². The van der Waals surface area contributed by atoms with Gasteiger partial charge in [-0.3, -0.25) is 4.79 Å². The highest BCUT2D eigenvalue weighted by Crippen LogP contribution is 2.29. The maximum Gasteiger partial charge on any atom is 0.437 e. The van der Waals surface area contributed by atoms with Crippen molar-refractivity contribution in [3.63, 3.8) is 0 Å². The molecule has 128 valence electrons. The number of hydrogen-bond acceptors (Lipinski definition) is 6. The van der Waals surface area contributed by atoms with Crippen molar-refractivity contribution in [3.05, 3.63) is 28.9 Å². The van der Waals surface area contributed by atoms with E-state index >= 15 is 0 Å². The van der Waals surface area contributed by atoms with Crippen molar-refractivity contribution >= 4 is 5.91 Å². The molecule has 1 N–H and O–H groups in total. The number of rotatable bonds is 5. The monoisotopic (exact) mass is 332 g/mol. The quantitative estimate of drug-likeness (QED) is 0.872. The summed E-state index contributed by atoms with van der Waals surface area (Å²) in [4.78, 5) is 26.5.